The molecule has 0 fully saturated rings. The third-order valence-corrected chi connectivity index (χ3v) is 4.34. The molecule has 166 valence electrons. The van der Waals surface area contributed by atoms with Crippen molar-refractivity contribution < 1.29 is 29.9 Å². The first-order chi connectivity index (χ1) is 13.6. The van der Waals surface area contributed by atoms with Crippen LogP contribution in [0.1, 0.15) is 25.2 Å². The van der Waals surface area contributed by atoms with Gasteiger partial charge in [-0.15, -0.1) is 0 Å². The zero-order valence-electron chi connectivity index (χ0n) is 15.8. The number of halogens is 8. The Kier molecular flexibility index (Phi) is 6.53. The standard InChI is InChI=1S/C18H18Cl2N3.F6P/c1-3-17-18(4-2)23(16-11-7-14(20)8-12-16)21-22(17)15-9-5-13(19)6-10-15;1-7(2,3,4,5)6/h5-12H,3-4H2,1-2H3;/q+1;-1. The van der Waals surface area contributed by atoms with Crippen molar-refractivity contribution in [2.45, 2.75) is 26.7 Å². The minimum atomic E-state index is -10.7. The van der Waals surface area contributed by atoms with E-state index in [1.807, 2.05) is 57.9 Å². The van der Waals surface area contributed by atoms with Gasteiger partial charge in [0.25, 0.3) is 0 Å². The topological polar surface area (TPSA) is 21.7 Å². The third-order valence-electron chi connectivity index (χ3n) is 3.84. The average Bonchev–Trinajstić information content (AvgIpc) is 2.99. The van der Waals surface area contributed by atoms with Crippen LogP contribution in [-0.2, 0) is 12.8 Å². The van der Waals surface area contributed by atoms with E-state index in [9.17, 15) is 25.2 Å². The van der Waals surface area contributed by atoms with Gasteiger partial charge in [-0.05, 0) is 48.5 Å². The maximum atomic E-state index is 9.87. The van der Waals surface area contributed by atoms with Crippen molar-refractivity contribution in [1.82, 2.24) is 9.90 Å². The molecule has 1 heterocycles. The van der Waals surface area contributed by atoms with Crippen LogP contribution < -0.4 is 4.68 Å². The van der Waals surface area contributed by atoms with E-state index in [0.29, 0.717) is 0 Å². The Morgan fingerprint density at radius 1 is 0.800 bits per heavy atom. The van der Waals surface area contributed by atoms with Crippen LogP contribution in [0.2, 0.25) is 10.0 Å². The van der Waals surface area contributed by atoms with Crippen LogP contribution in [0.25, 0.3) is 11.4 Å². The molecule has 3 rings (SSSR count). The van der Waals surface area contributed by atoms with Crippen molar-refractivity contribution in [2.75, 3.05) is 0 Å². The summed E-state index contributed by atoms with van der Waals surface area (Å²) in [5.74, 6) is 0. The molecule has 0 radical (unpaired) electrons. The van der Waals surface area contributed by atoms with Gasteiger partial charge in [0.1, 0.15) is 5.21 Å². The number of aromatic nitrogens is 3. The summed E-state index contributed by atoms with van der Waals surface area (Å²) in [6.45, 7) is 4.30. The molecule has 0 amide bonds. The quantitative estimate of drug-likeness (QED) is 0.206. The molecule has 1 aromatic heterocycles. The Labute approximate surface area is 179 Å². The minimum absolute atomic E-state index is 0.722. The van der Waals surface area contributed by atoms with Crippen molar-refractivity contribution in [1.29, 1.82) is 0 Å². The first-order valence-corrected chi connectivity index (χ1v) is 11.5. The molecule has 0 unspecified atom stereocenters. The van der Waals surface area contributed by atoms with Crippen LogP contribution in [0.4, 0.5) is 25.2 Å². The Morgan fingerprint density at radius 3 is 1.63 bits per heavy atom. The van der Waals surface area contributed by atoms with E-state index in [1.54, 1.807) is 0 Å². The molecule has 0 N–H and O–H groups in total. The molecule has 3 aromatic rings. The summed E-state index contributed by atoms with van der Waals surface area (Å²) >= 11 is 12.0. The average molecular weight is 492 g/mol. The number of benzene rings is 2. The second kappa shape index (κ2) is 8.02. The van der Waals surface area contributed by atoms with Gasteiger partial charge < -0.3 is 0 Å². The van der Waals surface area contributed by atoms with Crippen molar-refractivity contribution in [3.05, 3.63) is 70.0 Å². The third kappa shape index (κ3) is 7.78. The first-order valence-electron chi connectivity index (χ1n) is 8.70. The van der Waals surface area contributed by atoms with Gasteiger partial charge in [-0.1, -0.05) is 46.4 Å². The molecule has 12 heteroatoms. The second-order valence-electron chi connectivity index (χ2n) is 6.22. The molecule has 0 aliphatic heterocycles. The molecule has 0 saturated carbocycles. The van der Waals surface area contributed by atoms with Crippen molar-refractivity contribution in [3.63, 3.8) is 0 Å². The summed E-state index contributed by atoms with van der Waals surface area (Å²) in [5, 5.41) is 6.24. The molecule has 30 heavy (non-hydrogen) atoms. The van der Waals surface area contributed by atoms with Crippen molar-refractivity contribution in [2.24, 2.45) is 0 Å². The molecule has 0 saturated heterocycles. The van der Waals surface area contributed by atoms with Crippen LogP contribution in [0.15, 0.2) is 48.5 Å². The van der Waals surface area contributed by atoms with E-state index in [0.717, 1.165) is 34.3 Å². The van der Waals surface area contributed by atoms with Gasteiger partial charge in [0.2, 0.25) is 0 Å². The van der Waals surface area contributed by atoms with E-state index in [1.165, 1.54) is 11.4 Å². The molecule has 3 nitrogen and oxygen atoms in total. The molecule has 2 aromatic carbocycles. The maximum absolute atomic E-state index is 10.7. The predicted octanol–water partition coefficient (Wildman–Crippen LogP) is 7.96. The summed E-state index contributed by atoms with van der Waals surface area (Å²) in [4.78, 5) is 0. The number of hydrogen-bond donors (Lipinski definition) is 0. The zero-order valence-corrected chi connectivity index (χ0v) is 18.3. The van der Waals surface area contributed by atoms with Crippen LogP contribution in [0, 0.1) is 0 Å². The molecular weight excluding hydrogens is 474 g/mol. The number of hydrogen-bond acceptors (Lipinski definition) is 1. The fraction of sp³-hybridized carbons (Fsp3) is 0.222. The van der Waals surface area contributed by atoms with Gasteiger partial charge in [0.15, 0.2) is 22.8 Å². The van der Waals surface area contributed by atoms with E-state index >= 15 is 0 Å². The molecule has 0 bridgehead atoms. The monoisotopic (exact) mass is 491 g/mol. The van der Waals surface area contributed by atoms with Gasteiger partial charge in [0.05, 0.1) is 0 Å². The zero-order chi connectivity index (χ0) is 22.8. The van der Waals surface area contributed by atoms with E-state index in [-0.39, 0.29) is 0 Å². The van der Waals surface area contributed by atoms with E-state index in [4.69, 9.17) is 28.4 Å². The Bertz CT molecular complexity index is 938. The summed E-state index contributed by atoms with van der Waals surface area (Å²) in [7, 11) is -10.7. The molecule has 0 aliphatic rings. The summed E-state index contributed by atoms with van der Waals surface area (Å²) in [6.07, 6.45) is 1.80. The molecule has 0 atom stereocenters. The summed E-state index contributed by atoms with van der Waals surface area (Å²) in [5.41, 5.74) is 4.41. The van der Waals surface area contributed by atoms with Gasteiger partial charge in [-0.2, -0.15) is 0 Å². The van der Waals surface area contributed by atoms with Crippen LogP contribution in [0.3, 0.4) is 0 Å². The van der Waals surface area contributed by atoms with Gasteiger partial charge >= 0.3 is 33.0 Å². The van der Waals surface area contributed by atoms with Gasteiger partial charge in [0, 0.05) is 22.9 Å². The fourth-order valence-electron chi connectivity index (χ4n) is 2.73. The second-order valence-corrected chi connectivity index (χ2v) is 9.01. The SMILES string of the molecule is CCc1c(CC)[n+](-c2ccc(Cl)cc2)nn1-c1ccc(Cl)cc1.F[P-](F)(F)(F)(F)F. The molecule has 0 spiro atoms. The molecular formula is C18H18Cl2F6N3P. The van der Waals surface area contributed by atoms with E-state index in [2.05, 4.69) is 13.8 Å². The fourth-order valence-corrected chi connectivity index (χ4v) is 2.98. The van der Waals surface area contributed by atoms with Crippen LogP contribution in [-0.4, -0.2) is 9.90 Å². The van der Waals surface area contributed by atoms with Gasteiger partial charge in [-0.25, -0.2) is 0 Å². The normalized spacial score (nSPS) is 13.8. The Balaban J connectivity index is 0.000000396. The summed E-state index contributed by atoms with van der Waals surface area (Å²) in [6, 6.07) is 15.5. The Morgan fingerprint density at radius 2 is 1.23 bits per heavy atom. The predicted molar refractivity (Wildman–Crippen MR) is 107 cm³/mol. The first kappa shape index (κ1) is 24.4. The van der Waals surface area contributed by atoms with E-state index < -0.39 is 7.81 Å². The van der Waals surface area contributed by atoms with Gasteiger partial charge in [-0.3, -0.25) is 0 Å². The number of rotatable bonds is 4. The van der Waals surface area contributed by atoms with Crippen molar-refractivity contribution >= 4 is 31.0 Å². The van der Waals surface area contributed by atoms with Crippen LogP contribution in [0.5, 0.6) is 0 Å². The van der Waals surface area contributed by atoms with Crippen molar-refractivity contribution in [3.8, 4) is 11.4 Å². The number of nitrogens with zero attached hydrogens (tertiary/aromatic N) is 3. The summed E-state index contributed by atoms with van der Waals surface area (Å²) < 4.78 is 63.2. The Hall–Kier alpha value is -1.83. The van der Waals surface area contributed by atoms with Crippen LogP contribution >= 0.6 is 31.0 Å². The molecule has 0 aliphatic carbocycles.